The highest BCUT2D eigenvalue weighted by Crippen LogP contribution is 2.63. The van der Waals surface area contributed by atoms with Crippen LogP contribution in [0.2, 0.25) is 0 Å². The Morgan fingerprint density at radius 1 is 0.771 bits per heavy atom. The van der Waals surface area contributed by atoms with Crippen molar-refractivity contribution < 1.29 is 4.79 Å². The lowest BCUT2D eigenvalue weighted by Crippen LogP contribution is -2.56. The van der Waals surface area contributed by atoms with Gasteiger partial charge in [-0.2, -0.15) is 0 Å². The minimum Gasteiger partial charge on any atom is -0.353 e. The molecule has 2 aliphatic carbocycles. The fourth-order valence-electron chi connectivity index (χ4n) is 8.35. The van der Waals surface area contributed by atoms with Gasteiger partial charge in [-0.05, 0) is 73.8 Å². The predicted octanol–water partition coefficient (Wildman–Crippen LogP) is 10.6. The number of benzene rings is 2. The number of guanidine groups is 1. The topological polar surface area (TPSA) is 56.7 Å². The summed E-state index contributed by atoms with van der Waals surface area (Å²) in [5, 5.41) is 7.30. The van der Waals surface area contributed by atoms with E-state index in [1.165, 1.54) is 131 Å². The zero-order valence-electron chi connectivity index (χ0n) is 30.7. The Hall–Kier alpha value is -2.39. The monoisotopic (exact) mass is 673 g/mol. The minimum absolute atomic E-state index is 0.0784. The third-order valence-corrected chi connectivity index (χ3v) is 16.2. The fourth-order valence-corrected chi connectivity index (χ4v) is 13.4. The molecule has 0 radical (unpaired) electrons. The van der Waals surface area contributed by atoms with Crippen molar-refractivity contribution in [3.63, 3.8) is 0 Å². The molecule has 2 saturated carbocycles. The van der Waals surface area contributed by atoms with Crippen LogP contribution in [0.15, 0.2) is 53.5 Å². The molecule has 2 aromatic carbocycles. The molecule has 2 aromatic rings. The average Bonchev–Trinajstić information content (AvgIpc) is 3.13. The Bertz CT molecular complexity index is 1260. The quantitative estimate of drug-likeness (QED) is 0.112. The average molecular weight is 674 g/mol. The number of rotatable bonds is 15. The molecule has 1 unspecified atom stereocenters. The molecule has 2 fully saturated rings. The van der Waals surface area contributed by atoms with Gasteiger partial charge in [0.15, 0.2) is 5.96 Å². The second-order valence-corrected chi connectivity index (χ2v) is 19.6. The number of nitrogens with one attached hydrogen (secondary N) is 2. The molecule has 1 aliphatic heterocycles. The van der Waals surface area contributed by atoms with E-state index in [0.717, 1.165) is 31.0 Å². The first-order valence-electron chi connectivity index (χ1n) is 19.9. The maximum Gasteiger partial charge on any atom is 0.247 e. The summed E-state index contributed by atoms with van der Waals surface area (Å²) in [7, 11) is -1.03. The minimum atomic E-state index is -1.03. The summed E-state index contributed by atoms with van der Waals surface area (Å²) >= 11 is 0. The molecule has 5 rings (SSSR count). The molecule has 1 atom stereocenters. The number of carbonyl (C=O) groups is 1. The lowest BCUT2D eigenvalue weighted by atomic mass is 9.92. The molecular formula is C42H66N4OP+. The zero-order valence-corrected chi connectivity index (χ0v) is 31.6. The first kappa shape index (κ1) is 36.9. The van der Waals surface area contributed by atoms with Gasteiger partial charge in [-0.3, -0.25) is 4.79 Å². The summed E-state index contributed by atoms with van der Waals surface area (Å²) in [6.45, 7) is 7.75. The number of hydrogen-bond acceptors (Lipinski definition) is 2. The number of unbranched alkanes of at least 4 members (excludes halogenated alkanes) is 3. The van der Waals surface area contributed by atoms with Crippen molar-refractivity contribution in [2.45, 2.75) is 161 Å². The van der Waals surface area contributed by atoms with Gasteiger partial charge >= 0.3 is 0 Å². The van der Waals surface area contributed by atoms with Gasteiger partial charge in [0, 0.05) is 32.0 Å². The smallest absolute Gasteiger partial charge is 0.247 e. The molecule has 3 aliphatic rings. The van der Waals surface area contributed by atoms with E-state index in [9.17, 15) is 4.79 Å². The molecule has 1 amide bonds. The summed E-state index contributed by atoms with van der Waals surface area (Å²) in [6, 6.07) is 18.1. The van der Waals surface area contributed by atoms with E-state index in [2.05, 4.69) is 84.8 Å². The second-order valence-electron chi connectivity index (χ2n) is 15.3. The molecule has 6 heteroatoms. The molecule has 0 aromatic heterocycles. The van der Waals surface area contributed by atoms with E-state index in [1.54, 1.807) is 0 Å². The van der Waals surface area contributed by atoms with Gasteiger partial charge in [-0.25, -0.2) is 4.99 Å². The van der Waals surface area contributed by atoms with Crippen LogP contribution in [-0.2, 0) is 23.9 Å². The molecule has 0 bridgehead atoms. The standard InChI is InChI=1S/C42H65N4OP/c1-4-7-28-48(29-8-5-2,30-9-6-3)33-34-24-26-39(27-25-34)43-41(47)40-31-35-18-16-17-19-36(35)32-46(40)42(44-37-20-12-10-13-21-37)45-38-22-14-11-15-23-38/h16-19,24-27,37-38,40H,4-15,20-23,28-33H2,1-3H3,(H-,43,44,45,47)/p+1. The normalized spacial score (nSPS) is 19.6. The first-order chi connectivity index (χ1) is 23.5. The summed E-state index contributed by atoms with van der Waals surface area (Å²) < 4.78 is 0. The van der Waals surface area contributed by atoms with Crippen LogP contribution in [0.1, 0.15) is 140 Å². The van der Waals surface area contributed by atoms with E-state index in [-0.39, 0.29) is 11.9 Å². The summed E-state index contributed by atoms with van der Waals surface area (Å²) in [5.41, 5.74) is 4.96. The van der Waals surface area contributed by atoms with Crippen LogP contribution in [0.4, 0.5) is 5.69 Å². The third-order valence-electron chi connectivity index (χ3n) is 11.3. The van der Waals surface area contributed by atoms with Crippen molar-refractivity contribution in [3.05, 3.63) is 65.2 Å². The van der Waals surface area contributed by atoms with Gasteiger partial charge in [0.2, 0.25) is 5.91 Å². The molecule has 264 valence electrons. The summed E-state index contributed by atoms with van der Waals surface area (Å²) in [4.78, 5) is 22.1. The molecular weight excluding hydrogens is 607 g/mol. The van der Waals surface area contributed by atoms with Crippen LogP contribution in [0.3, 0.4) is 0 Å². The summed E-state index contributed by atoms with van der Waals surface area (Å²) in [6.07, 6.45) is 26.6. The Labute approximate surface area is 293 Å². The Kier molecular flexibility index (Phi) is 14.7. The van der Waals surface area contributed by atoms with Crippen molar-refractivity contribution in [3.8, 4) is 0 Å². The molecule has 1 heterocycles. The van der Waals surface area contributed by atoms with Crippen LogP contribution in [-0.4, -0.2) is 53.4 Å². The molecule has 2 N–H and O–H groups in total. The van der Waals surface area contributed by atoms with Crippen molar-refractivity contribution >= 4 is 24.8 Å². The van der Waals surface area contributed by atoms with E-state index in [1.807, 2.05) is 0 Å². The molecule has 5 nitrogen and oxygen atoms in total. The maximum atomic E-state index is 14.3. The lowest BCUT2D eigenvalue weighted by Gasteiger charge is -2.40. The number of amides is 1. The fraction of sp³-hybridized carbons (Fsp3) is 0.667. The number of fused-ring (bicyclic) bond motifs is 1. The van der Waals surface area contributed by atoms with Gasteiger partial charge < -0.3 is 15.5 Å². The van der Waals surface area contributed by atoms with Gasteiger partial charge in [-0.15, -0.1) is 0 Å². The lowest BCUT2D eigenvalue weighted by molar-refractivity contribution is -0.120. The van der Waals surface area contributed by atoms with Gasteiger partial charge in [0.25, 0.3) is 0 Å². The second kappa shape index (κ2) is 19.1. The van der Waals surface area contributed by atoms with Gasteiger partial charge in [0.1, 0.15) is 6.04 Å². The van der Waals surface area contributed by atoms with Crippen LogP contribution < -0.4 is 10.6 Å². The van der Waals surface area contributed by atoms with Crippen LogP contribution in [0.5, 0.6) is 0 Å². The van der Waals surface area contributed by atoms with Gasteiger partial charge in [0.05, 0.1) is 30.7 Å². The van der Waals surface area contributed by atoms with E-state index in [0.29, 0.717) is 18.5 Å². The SMILES string of the molecule is CCCC[P+](CCCC)(CCCC)Cc1ccc(NC(=O)C2Cc3ccccc3CN2C(=NC2CCCCC2)NC2CCCCC2)cc1. The number of aliphatic imine (C=N–C) groups is 1. The Morgan fingerprint density at radius 3 is 1.96 bits per heavy atom. The molecule has 0 spiro atoms. The summed E-state index contributed by atoms with van der Waals surface area (Å²) in [5.74, 6) is 1.04. The highest BCUT2D eigenvalue weighted by Gasteiger charge is 2.37. The third kappa shape index (κ3) is 10.6. The number of hydrogen-bond donors (Lipinski definition) is 2. The largest absolute Gasteiger partial charge is 0.353 e. The number of nitrogens with zero attached hydrogens (tertiary/aromatic N) is 2. The van der Waals surface area contributed by atoms with E-state index >= 15 is 0 Å². The van der Waals surface area contributed by atoms with Crippen molar-refractivity contribution in [2.24, 2.45) is 4.99 Å². The van der Waals surface area contributed by atoms with Crippen LogP contribution in [0.25, 0.3) is 0 Å². The van der Waals surface area contributed by atoms with Crippen LogP contribution in [0, 0.1) is 0 Å². The van der Waals surface area contributed by atoms with E-state index < -0.39 is 7.26 Å². The Balaban J connectivity index is 1.35. The number of anilines is 1. The molecule has 48 heavy (non-hydrogen) atoms. The van der Waals surface area contributed by atoms with Crippen LogP contribution >= 0.6 is 7.26 Å². The maximum absolute atomic E-state index is 14.3. The van der Waals surface area contributed by atoms with Gasteiger partial charge in [-0.1, -0.05) is 115 Å². The van der Waals surface area contributed by atoms with Crippen molar-refractivity contribution in [1.29, 1.82) is 0 Å². The van der Waals surface area contributed by atoms with Crippen molar-refractivity contribution in [2.75, 3.05) is 23.8 Å². The predicted molar refractivity (Wildman–Crippen MR) is 209 cm³/mol. The first-order valence-corrected chi connectivity index (χ1v) is 22.5. The zero-order chi connectivity index (χ0) is 33.6. The van der Waals surface area contributed by atoms with Crippen molar-refractivity contribution in [1.82, 2.24) is 10.2 Å². The number of carbonyl (C=O) groups excluding carboxylic acids is 1. The Morgan fingerprint density at radius 2 is 1.35 bits per heavy atom. The highest BCUT2D eigenvalue weighted by molar-refractivity contribution is 7.75. The molecule has 0 saturated heterocycles. The highest BCUT2D eigenvalue weighted by atomic mass is 31.2. The van der Waals surface area contributed by atoms with E-state index in [4.69, 9.17) is 4.99 Å².